The Kier molecular flexibility index (Phi) is 4.41. The molecule has 0 aliphatic heterocycles. The third kappa shape index (κ3) is 3.24. The van der Waals surface area contributed by atoms with Crippen molar-refractivity contribution in [2.24, 2.45) is 11.7 Å². The minimum Gasteiger partial charge on any atom is -0.327 e. The van der Waals surface area contributed by atoms with E-state index >= 15 is 0 Å². The van der Waals surface area contributed by atoms with Crippen LogP contribution in [0, 0.1) is 26.7 Å². The lowest BCUT2D eigenvalue weighted by molar-refractivity contribution is -0.123. The molecule has 104 valence electrons. The minimum atomic E-state index is 0.0762. The average molecular weight is 259 g/mol. The summed E-state index contributed by atoms with van der Waals surface area (Å²) in [4.78, 5) is 12.5. The van der Waals surface area contributed by atoms with Crippen molar-refractivity contribution >= 4 is 5.78 Å². The van der Waals surface area contributed by atoms with Crippen molar-refractivity contribution in [1.29, 1.82) is 0 Å². The van der Waals surface area contributed by atoms with Crippen molar-refractivity contribution in [3.8, 4) is 0 Å². The Morgan fingerprint density at radius 1 is 1.16 bits per heavy atom. The Morgan fingerprint density at radius 3 is 2.32 bits per heavy atom. The minimum absolute atomic E-state index is 0.0762. The van der Waals surface area contributed by atoms with Crippen LogP contribution in [0.15, 0.2) is 12.1 Å². The molecule has 2 atom stereocenters. The molecule has 0 spiro atoms. The largest absolute Gasteiger partial charge is 0.327 e. The van der Waals surface area contributed by atoms with Gasteiger partial charge in [-0.2, -0.15) is 0 Å². The van der Waals surface area contributed by atoms with Crippen molar-refractivity contribution in [3.63, 3.8) is 0 Å². The Labute approximate surface area is 116 Å². The Hall–Kier alpha value is -1.15. The van der Waals surface area contributed by atoms with Crippen LogP contribution in [0.2, 0.25) is 0 Å². The second-order valence-electron chi connectivity index (χ2n) is 6.08. The maximum Gasteiger partial charge on any atom is 0.141 e. The van der Waals surface area contributed by atoms with Crippen LogP contribution in [0.25, 0.3) is 0 Å². The Bertz CT molecular complexity index is 455. The molecule has 1 aromatic rings. The lowest BCUT2D eigenvalue weighted by Crippen LogP contribution is -2.38. The molecule has 0 bridgehead atoms. The van der Waals surface area contributed by atoms with E-state index in [4.69, 9.17) is 5.73 Å². The molecule has 19 heavy (non-hydrogen) atoms. The fourth-order valence-corrected chi connectivity index (χ4v) is 3.35. The van der Waals surface area contributed by atoms with Gasteiger partial charge in [0.05, 0.1) is 0 Å². The standard InChI is InChI=1S/C17H25NO/c1-11-8-12(2)15(13(3)9-11)10-17(19)14-6-4-5-7-16(14)18/h8-9,14,16H,4-7,10,18H2,1-3H3. The number of ketones is 1. The number of nitrogens with two attached hydrogens (primary N) is 1. The summed E-state index contributed by atoms with van der Waals surface area (Å²) in [5.74, 6) is 0.413. The van der Waals surface area contributed by atoms with E-state index in [-0.39, 0.29) is 12.0 Å². The number of carbonyl (C=O) groups excluding carboxylic acids is 1. The summed E-state index contributed by atoms with van der Waals surface area (Å²) in [6.45, 7) is 6.30. The van der Waals surface area contributed by atoms with Gasteiger partial charge in [-0.3, -0.25) is 4.79 Å². The van der Waals surface area contributed by atoms with Crippen LogP contribution in [-0.4, -0.2) is 11.8 Å². The van der Waals surface area contributed by atoms with Crippen LogP contribution in [0.4, 0.5) is 0 Å². The predicted molar refractivity (Wildman–Crippen MR) is 79.3 cm³/mol. The lowest BCUT2D eigenvalue weighted by atomic mass is 9.80. The van der Waals surface area contributed by atoms with E-state index < -0.39 is 0 Å². The highest BCUT2D eigenvalue weighted by Crippen LogP contribution is 2.26. The van der Waals surface area contributed by atoms with Crippen LogP contribution in [0.1, 0.15) is 47.9 Å². The second kappa shape index (κ2) is 5.87. The third-order valence-corrected chi connectivity index (χ3v) is 4.42. The quantitative estimate of drug-likeness (QED) is 0.905. The molecule has 0 heterocycles. The zero-order chi connectivity index (χ0) is 14.0. The van der Waals surface area contributed by atoms with E-state index in [0.717, 1.165) is 19.3 Å². The number of hydrogen-bond acceptors (Lipinski definition) is 2. The highest BCUT2D eigenvalue weighted by Gasteiger charge is 2.28. The molecular formula is C17H25NO. The number of Topliss-reactive ketones (excluding diaryl/α,β-unsaturated/α-hetero) is 1. The summed E-state index contributed by atoms with van der Waals surface area (Å²) < 4.78 is 0. The lowest BCUT2D eigenvalue weighted by Gasteiger charge is -2.27. The Morgan fingerprint density at radius 2 is 1.74 bits per heavy atom. The number of hydrogen-bond donors (Lipinski definition) is 1. The summed E-state index contributed by atoms with van der Waals surface area (Å²) in [5, 5.41) is 0. The molecule has 1 aromatic carbocycles. The maximum atomic E-state index is 12.5. The molecule has 1 fully saturated rings. The molecule has 2 rings (SSSR count). The van der Waals surface area contributed by atoms with E-state index in [1.807, 2.05) is 0 Å². The zero-order valence-corrected chi connectivity index (χ0v) is 12.3. The van der Waals surface area contributed by atoms with E-state index in [1.165, 1.54) is 28.7 Å². The van der Waals surface area contributed by atoms with Crippen LogP contribution in [-0.2, 0) is 11.2 Å². The van der Waals surface area contributed by atoms with E-state index in [0.29, 0.717) is 12.2 Å². The molecule has 2 N–H and O–H groups in total. The van der Waals surface area contributed by atoms with Crippen LogP contribution in [0.5, 0.6) is 0 Å². The summed E-state index contributed by atoms with van der Waals surface area (Å²) in [5.41, 5.74) is 11.0. The fraction of sp³-hybridized carbons (Fsp3) is 0.588. The van der Waals surface area contributed by atoms with Gasteiger partial charge in [-0.05, 0) is 50.3 Å². The van der Waals surface area contributed by atoms with Gasteiger partial charge >= 0.3 is 0 Å². The first-order valence-electron chi connectivity index (χ1n) is 7.34. The molecule has 0 saturated heterocycles. The average Bonchev–Trinajstić information content (AvgIpc) is 2.34. The van der Waals surface area contributed by atoms with Crippen LogP contribution >= 0.6 is 0 Å². The van der Waals surface area contributed by atoms with Gasteiger partial charge in [0.1, 0.15) is 5.78 Å². The van der Waals surface area contributed by atoms with E-state index in [9.17, 15) is 4.79 Å². The summed E-state index contributed by atoms with van der Waals surface area (Å²) in [6.07, 6.45) is 4.85. The van der Waals surface area contributed by atoms with E-state index in [2.05, 4.69) is 32.9 Å². The SMILES string of the molecule is Cc1cc(C)c(CC(=O)C2CCCCC2N)c(C)c1. The van der Waals surface area contributed by atoms with Gasteiger partial charge in [0, 0.05) is 18.4 Å². The predicted octanol–water partition coefficient (Wildman–Crippen LogP) is 3.24. The molecule has 0 amide bonds. The fourth-order valence-electron chi connectivity index (χ4n) is 3.35. The number of aryl methyl sites for hydroxylation is 3. The molecule has 2 unspecified atom stereocenters. The first-order chi connectivity index (χ1) is 8.99. The van der Waals surface area contributed by atoms with Gasteiger partial charge in [-0.1, -0.05) is 30.5 Å². The molecule has 2 heteroatoms. The topological polar surface area (TPSA) is 43.1 Å². The Balaban J connectivity index is 2.14. The second-order valence-corrected chi connectivity index (χ2v) is 6.08. The van der Waals surface area contributed by atoms with Gasteiger partial charge < -0.3 is 5.73 Å². The van der Waals surface area contributed by atoms with Crippen molar-refractivity contribution in [3.05, 3.63) is 34.4 Å². The van der Waals surface area contributed by atoms with Crippen LogP contribution in [0.3, 0.4) is 0 Å². The van der Waals surface area contributed by atoms with Crippen molar-refractivity contribution in [2.45, 2.75) is 58.9 Å². The molecule has 0 aromatic heterocycles. The highest BCUT2D eigenvalue weighted by molar-refractivity contribution is 5.84. The molecule has 0 radical (unpaired) electrons. The monoisotopic (exact) mass is 259 g/mol. The van der Waals surface area contributed by atoms with Crippen molar-refractivity contribution in [1.82, 2.24) is 0 Å². The maximum absolute atomic E-state index is 12.5. The molecular weight excluding hydrogens is 234 g/mol. The van der Waals surface area contributed by atoms with Gasteiger partial charge in [-0.15, -0.1) is 0 Å². The number of rotatable bonds is 3. The van der Waals surface area contributed by atoms with Gasteiger partial charge in [-0.25, -0.2) is 0 Å². The highest BCUT2D eigenvalue weighted by atomic mass is 16.1. The van der Waals surface area contributed by atoms with E-state index in [1.54, 1.807) is 0 Å². The van der Waals surface area contributed by atoms with Crippen molar-refractivity contribution in [2.75, 3.05) is 0 Å². The normalized spacial score (nSPS) is 23.4. The van der Waals surface area contributed by atoms with Crippen molar-refractivity contribution < 1.29 is 4.79 Å². The molecule has 1 aliphatic carbocycles. The first-order valence-corrected chi connectivity index (χ1v) is 7.34. The number of carbonyl (C=O) groups is 1. The number of benzene rings is 1. The third-order valence-electron chi connectivity index (χ3n) is 4.42. The summed E-state index contributed by atoms with van der Waals surface area (Å²) >= 11 is 0. The molecule has 1 aliphatic rings. The summed E-state index contributed by atoms with van der Waals surface area (Å²) in [6, 6.07) is 4.40. The smallest absolute Gasteiger partial charge is 0.141 e. The van der Waals surface area contributed by atoms with Gasteiger partial charge in [0.2, 0.25) is 0 Å². The first kappa shape index (κ1) is 14.3. The van der Waals surface area contributed by atoms with Gasteiger partial charge in [0.15, 0.2) is 0 Å². The summed E-state index contributed by atoms with van der Waals surface area (Å²) in [7, 11) is 0. The van der Waals surface area contributed by atoms with Gasteiger partial charge in [0.25, 0.3) is 0 Å². The molecule has 2 nitrogen and oxygen atoms in total. The molecule has 1 saturated carbocycles. The van der Waals surface area contributed by atoms with Crippen LogP contribution < -0.4 is 5.73 Å². The zero-order valence-electron chi connectivity index (χ0n) is 12.3.